The summed E-state index contributed by atoms with van der Waals surface area (Å²) in [7, 11) is 0. The maximum Gasteiger partial charge on any atom is 0.294 e. The summed E-state index contributed by atoms with van der Waals surface area (Å²) in [5.41, 5.74) is 0.502. The van der Waals surface area contributed by atoms with Gasteiger partial charge in [-0.1, -0.05) is 18.2 Å². The number of benzene rings is 1. The fraction of sp³-hybridized carbons (Fsp3) is 0.105. The van der Waals surface area contributed by atoms with Gasteiger partial charge in [0.25, 0.3) is 11.8 Å². The van der Waals surface area contributed by atoms with Gasteiger partial charge >= 0.3 is 0 Å². The van der Waals surface area contributed by atoms with E-state index in [2.05, 4.69) is 32.2 Å². The minimum atomic E-state index is -0.673. The van der Waals surface area contributed by atoms with Crippen molar-refractivity contribution in [1.82, 2.24) is 25.6 Å². The number of aryl methyl sites for hydroxylation is 1. The van der Waals surface area contributed by atoms with E-state index in [1.165, 1.54) is 30.7 Å². The number of aromatic nitrogens is 3. The Kier molecular flexibility index (Phi) is 6.38. The fourth-order valence-corrected chi connectivity index (χ4v) is 2.28. The molecule has 0 aliphatic carbocycles. The number of oxazole rings is 1. The summed E-state index contributed by atoms with van der Waals surface area (Å²) in [6.07, 6.45) is 4.25. The zero-order valence-corrected chi connectivity index (χ0v) is 16.4. The maximum absolute atomic E-state index is 13.4. The number of carbonyl (C=O) groups excluding carboxylic acids is 2. The van der Waals surface area contributed by atoms with E-state index in [0.717, 1.165) is 6.07 Å². The average Bonchev–Trinajstić information content (AvgIpc) is 3.20. The normalized spacial score (nSPS) is 10.4. The molecule has 2 aromatic heterocycles. The summed E-state index contributed by atoms with van der Waals surface area (Å²) in [6.45, 7) is 4.83. The summed E-state index contributed by atoms with van der Waals surface area (Å²) in [4.78, 5) is 36.2. The van der Waals surface area contributed by atoms with Crippen molar-refractivity contribution >= 4 is 23.4 Å². The van der Waals surface area contributed by atoms with Gasteiger partial charge in [-0.25, -0.2) is 19.3 Å². The number of rotatable bonds is 7. The SMILES string of the molecule is C=C(NC(=O)COc1ccc(Cl)c(F)c1)NC(=O)c1cnc(-c2cnc(C)nc2)o1. The van der Waals surface area contributed by atoms with Crippen molar-refractivity contribution in [3.05, 3.63) is 71.6 Å². The molecule has 154 valence electrons. The number of nitrogens with zero attached hydrogens (tertiary/aromatic N) is 3. The van der Waals surface area contributed by atoms with Gasteiger partial charge in [0.2, 0.25) is 11.7 Å². The third-order valence-corrected chi connectivity index (χ3v) is 3.88. The highest BCUT2D eigenvalue weighted by molar-refractivity contribution is 6.30. The van der Waals surface area contributed by atoms with Crippen LogP contribution in [0.1, 0.15) is 16.4 Å². The zero-order valence-electron chi connectivity index (χ0n) is 15.6. The van der Waals surface area contributed by atoms with Crippen LogP contribution in [0, 0.1) is 12.7 Å². The molecular weight excluding hydrogens is 417 g/mol. The van der Waals surface area contributed by atoms with Gasteiger partial charge in [0.05, 0.1) is 16.8 Å². The van der Waals surface area contributed by atoms with E-state index >= 15 is 0 Å². The van der Waals surface area contributed by atoms with E-state index in [0.29, 0.717) is 11.4 Å². The Morgan fingerprint density at radius 2 is 1.93 bits per heavy atom. The second-order valence-corrected chi connectivity index (χ2v) is 6.30. The molecular formula is C19H15ClFN5O4. The van der Waals surface area contributed by atoms with Crippen molar-refractivity contribution in [3.8, 4) is 17.2 Å². The number of halogens is 2. The van der Waals surface area contributed by atoms with E-state index < -0.39 is 24.2 Å². The van der Waals surface area contributed by atoms with Gasteiger partial charge in [-0.15, -0.1) is 0 Å². The summed E-state index contributed by atoms with van der Waals surface area (Å²) >= 11 is 5.57. The van der Waals surface area contributed by atoms with Crippen LogP contribution in [0.25, 0.3) is 11.5 Å². The lowest BCUT2D eigenvalue weighted by atomic mass is 10.3. The summed E-state index contributed by atoms with van der Waals surface area (Å²) in [5, 5.41) is 4.62. The topological polar surface area (TPSA) is 119 Å². The van der Waals surface area contributed by atoms with E-state index in [1.807, 2.05) is 0 Å². The van der Waals surface area contributed by atoms with Crippen molar-refractivity contribution in [2.45, 2.75) is 6.92 Å². The van der Waals surface area contributed by atoms with Gasteiger partial charge in [-0.05, 0) is 19.1 Å². The Morgan fingerprint density at radius 1 is 1.20 bits per heavy atom. The molecule has 2 amide bonds. The van der Waals surface area contributed by atoms with Crippen LogP contribution < -0.4 is 15.4 Å². The molecule has 0 unspecified atom stereocenters. The fourth-order valence-electron chi connectivity index (χ4n) is 2.17. The standard InChI is InChI=1S/C19H15ClFN5O4/c1-10-22-6-12(7-23-10)19-24-8-16(30-19)18(28)26-11(2)25-17(27)9-29-13-3-4-14(20)15(21)5-13/h3-8H,2,9H2,1H3,(H,25,27)(H,26,28). The van der Waals surface area contributed by atoms with Crippen LogP contribution in [-0.2, 0) is 4.79 Å². The lowest BCUT2D eigenvalue weighted by Crippen LogP contribution is -2.36. The lowest BCUT2D eigenvalue weighted by Gasteiger charge is -2.10. The van der Waals surface area contributed by atoms with Crippen LogP contribution in [0.2, 0.25) is 5.02 Å². The van der Waals surface area contributed by atoms with E-state index in [4.69, 9.17) is 20.8 Å². The highest BCUT2D eigenvalue weighted by Gasteiger charge is 2.16. The molecule has 3 rings (SSSR count). The van der Waals surface area contributed by atoms with Gasteiger partial charge < -0.3 is 19.8 Å². The number of carbonyl (C=O) groups is 2. The number of amides is 2. The molecule has 0 radical (unpaired) electrons. The van der Waals surface area contributed by atoms with Crippen LogP contribution in [0.4, 0.5) is 4.39 Å². The quantitative estimate of drug-likeness (QED) is 0.590. The van der Waals surface area contributed by atoms with Crippen molar-refractivity contribution < 1.29 is 23.1 Å². The van der Waals surface area contributed by atoms with E-state index in [9.17, 15) is 14.0 Å². The Labute approximate surface area is 175 Å². The monoisotopic (exact) mass is 431 g/mol. The molecule has 0 aliphatic heterocycles. The highest BCUT2D eigenvalue weighted by atomic mass is 35.5. The molecule has 1 aromatic carbocycles. The van der Waals surface area contributed by atoms with Crippen LogP contribution in [0.3, 0.4) is 0 Å². The highest BCUT2D eigenvalue weighted by Crippen LogP contribution is 2.20. The largest absolute Gasteiger partial charge is 0.484 e. The first-order valence-electron chi connectivity index (χ1n) is 8.44. The van der Waals surface area contributed by atoms with E-state index in [1.54, 1.807) is 6.92 Å². The van der Waals surface area contributed by atoms with Crippen LogP contribution in [0.15, 0.2) is 53.6 Å². The minimum absolute atomic E-state index is 0.0617. The molecule has 9 nitrogen and oxygen atoms in total. The van der Waals surface area contributed by atoms with Gasteiger partial charge in [0.1, 0.15) is 23.2 Å². The molecule has 0 atom stereocenters. The molecule has 0 spiro atoms. The van der Waals surface area contributed by atoms with Crippen LogP contribution in [-0.4, -0.2) is 33.4 Å². The Bertz CT molecular complexity index is 1100. The summed E-state index contributed by atoms with van der Waals surface area (Å²) in [5.74, 6) is -1.30. The molecule has 0 aliphatic rings. The van der Waals surface area contributed by atoms with Crippen molar-refractivity contribution in [2.75, 3.05) is 6.61 Å². The molecule has 3 aromatic rings. The summed E-state index contributed by atoms with van der Waals surface area (Å²) in [6, 6.07) is 3.76. The molecule has 0 saturated heterocycles. The van der Waals surface area contributed by atoms with E-state index in [-0.39, 0.29) is 28.2 Å². The first-order chi connectivity index (χ1) is 14.3. The van der Waals surface area contributed by atoms with Crippen LogP contribution in [0.5, 0.6) is 5.75 Å². The maximum atomic E-state index is 13.4. The molecule has 0 fully saturated rings. The average molecular weight is 432 g/mol. The Morgan fingerprint density at radius 3 is 2.63 bits per heavy atom. The first-order valence-corrected chi connectivity index (χ1v) is 8.82. The van der Waals surface area contributed by atoms with Gasteiger partial charge in [-0.3, -0.25) is 9.59 Å². The predicted octanol–water partition coefficient (Wildman–Crippen LogP) is 2.63. The van der Waals surface area contributed by atoms with Gasteiger partial charge in [0, 0.05) is 18.5 Å². The molecule has 11 heteroatoms. The van der Waals surface area contributed by atoms with Crippen molar-refractivity contribution in [3.63, 3.8) is 0 Å². The number of ether oxygens (including phenoxy) is 1. The Balaban J connectivity index is 1.50. The Hall–Kier alpha value is -3.79. The van der Waals surface area contributed by atoms with Crippen molar-refractivity contribution in [2.24, 2.45) is 0 Å². The smallest absolute Gasteiger partial charge is 0.294 e. The molecule has 2 heterocycles. The summed E-state index contributed by atoms with van der Waals surface area (Å²) < 4.78 is 23.9. The second-order valence-electron chi connectivity index (χ2n) is 5.89. The molecule has 0 saturated carbocycles. The second kappa shape index (κ2) is 9.14. The first kappa shape index (κ1) is 20.9. The molecule has 2 N–H and O–H groups in total. The minimum Gasteiger partial charge on any atom is -0.484 e. The molecule has 30 heavy (non-hydrogen) atoms. The predicted molar refractivity (Wildman–Crippen MR) is 104 cm³/mol. The van der Waals surface area contributed by atoms with Crippen molar-refractivity contribution in [1.29, 1.82) is 0 Å². The number of hydrogen-bond donors (Lipinski definition) is 2. The molecule has 0 bridgehead atoms. The van der Waals surface area contributed by atoms with Crippen LogP contribution >= 0.6 is 11.6 Å². The van der Waals surface area contributed by atoms with Gasteiger partial charge in [-0.2, -0.15) is 0 Å². The van der Waals surface area contributed by atoms with Gasteiger partial charge in [0.15, 0.2) is 6.61 Å². The number of nitrogens with one attached hydrogen (secondary N) is 2. The third kappa shape index (κ3) is 5.39. The third-order valence-electron chi connectivity index (χ3n) is 3.57. The lowest BCUT2D eigenvalue weighted by molar-refractivity contribution is -0.122. The zero-order chi connectivity index (χ0) is 21.7. The number of hydrogen-bond acceptors (Lipinski definition) is 7.